The number of ketones is 1. The van der Waals surface area contributed by atoms with Crippen molar-refractivity contribution in [1.82, 2.24) is 0 Å². The first-order valence-corrected chi connectivity index (χ1v) is 4.40. The molecule has 0 aliphatic heterocycles. The van der Waals surface area contributed by atoms with Gasteiger partial charge in [0.2, 0.25) is 0 Å². The third-order valence-electron chi connectivity index (χ3n) is 3.40. The van der Waals surface area contributed by atoms with Crippen LogP contribution in [0.1, 0.15) is 33.1 Å². The van der Waals surface area contributed by atoms with E-state index in [1.165, 1.54) is 17.6 Å². The van der Waals surface area contributed by atoms with Crippen molar-refractivity contribution in [2.75, 3.05) is 0 Å². The Morgan fingerprint density at radius 1 is 1.18 bits per heavy atom. The summed E-state index contributed by atoms with van der Waals surface area (Å²) < 4.78 is 0. The van der Waals surface area contributed by atoms with Crippen molar-refractivity contribution in [3.63, 3.8) is 0 Å². The second kappa shape index (κ2) is 2.20. The number of rotatable bonds is 0. The average Bonchev–Trinajstić information content (AvgIpc) is 1.99. The Bertz CT molecular complexity index is 237. The Balaban J connectivity index is 2.43. The SMILES string of the molecule is CC1=C(C)C2CCC1CC2=O. The smallest absolute Gasteiger partial charge is 0.140 e. The van der Waals surface area contributed by atoms with Gasteiger partial charge in [0.25, 0.3) is 0 Å². The zero-order valence-electron chi connectivity index (χ0n) is 7.18. The molecule has 1 fully saturated rings. The number of allylic oxidation sites excluding steroid dienone is 2. The van der Waals surface area contributed by atoms with Crippen LogP contribution in [0, 0.1) is 11.8 Å². The summed E-state index contributed by atoms with van der Waals surface area (Å²) in [6.45, 7) is 4.32. The van der Waals surface area contributed by atoms with Gasteiger partial charge in [-0.05, 0) is 32.6 Å². The standard InChI is InChI=1S/C10H14O/c1-6-7(2)9-4-3-8(6)5-10(9)11/h8-9H,3-5H2,1-2H3. The van der Waals surface area contributed by atoms with Crippen molar-refractivity contribution in [3.05, 3.63) is 11.1 Å². The van der Waals surface area contributed by atoms with Crippen LogP contribution >= 0.6 is 0 Å². The monoisotopic (exact) mass is 150 g/mol. The van der Waals surface area contributed by atoms with E-state index in [0.29, 0.717) is 17.6 Å². The molecule has 1 saturated carbocycles. The summed E-state index contributed by atoms with van der Waals surface area (Å²) in [6.07, 6.45) is 3.19. The van der Waals surface area contributed by atoms with Crippen LogP contribution in [0.4, 0.5) is 0 Å². The van der Waals surface area contributed by atoms with Crippen LogP contribution in [0.2, 0.25) is 0 Å². The van der Waals surface area contributed by atoms with Crippen LogP contribution in [0.3, 0.4) is 0 Å². The van der Waals surface area contributed by atoms with E-state index in [2.05, 4.69) is 13.8 Å². The molecule has 0 radical (unpaired) electrons. The lowest BCUT2D eigenvalue weighted by molar-refractivity contribution is -0.125. The first-order valence-electron chi connectivity index (χ1n) is 4.40. The van der Waals surface area contributed by atoms with Crippen LogP contribution in [0.5, 0.6) is 0 Å². The molecule has 0 spiro atoms. The predicted octanol–water partition coefficient (Wildman–Crippen LogP) is 2.32. The fourth-order valence-corrected chi connectivity index (χ4v) is 2.44. The number of carbonyl (C=O) groups excluding carboxylic acids is 1. The van der Waals surface area contributed by atoms with Crippen molar-refractivity contribution in [2.24, 2.45) is 11.8 Å². The molecule has 2 unspecified atom stereocenters. The van der Waals surface area contributed by atoms with Crippen LogP contribution < -0.4 is 0 Å². The van der Waals surface area contributed by atoms with E-state index in [4.69, 9.17) is 0 Å². The summed E-state index contributed by atoms with van der Waals surface area (Å²) in [7, 11) is 0. The number of Topliss-reactive ketones (excluding diaryl/α,β-unsaturated/α-hetero) is 1. The zero-order chi connectivity index (χ0) is 8.01. The van der Waals surface area contributed by atoms with Crippen molar-refractivity contribution in [2.45, 2.75) is 33.1 Å². The number of fused-ring (bicyclic) bond motifs is 2. The number of hydrogen-bond acceptors (Lipinski definition) is 1. The van der Waals surface area contributed by atoms with Gasteiger partial charge in [0.1, 0.15) is 5.78 Å². The highest BCUT2D eigenvalue weighted by Crippen LogP contribution is 2.42. The average molecular weight is 150 g/mol. The first kappa shape index (κ1) is 7.08. The Kier molecular flexibility index (Phi) is 1.41. The predicted molar refractivity (Wildman–Crippen MR) is 44.2 cm³/mol. The van der Waals surface area contributed by atoms with Crippen LogP contribution in [-0.2, 0) is 4.79 Å². The molecule has 1 nitrogen and oxygen atoms in total. The van der Waals surface area contributed by atoms with Crippen molar-refractivity contribution < 1.29 is 4.79 Å². The molecule has 0 heterocycles. The van der Waals surface area contributed by atoms with E-state index < -0.39 is 0 Å². The third-order valence-corrected chi connectivity index (χ3v) is 3.40. The molecular weight excluding hydrogens is 136 g/mol. The highest BCUT2D eigenvalue weighted by Gasteiger charge is 2.36. The second-order valence-electron chi connectivity index (χ2n) is 3.86. The minimum absolute atomic E-state index is 0.306. The lowest BCUT2D eigenvalue weighted by Gasteiger charge is -2.36. The Hall–Kier alpha value is -0.590. The summed E-state index contributed by atoms with van der Waals surface area (Å²) >= 11 is 0. The van der Waals surface area contributed by atoms with Crippen molar-refractivity contribution in [3.8, 4) is 0 Å². The van der Waals surface area contributed by atoms with Gasteiger partial charge in [-0.1, -0.05) is 11.1 Å². The van der Waals surface area contributed by atoms with Gasteiger partial charge >= 0.3 is 0 Å². The highest BCUT2D eigenvalue weighted by atomic mass is 16.1. The fraction of sp³-hybridized carbons (Fsp3) is 0.700. The van der Waals surface area contributed by atoms with Gasteiger partial charge in [0.15, 0.2) is 0 Å². The molecule has 2 bridgehead atoms. The summed E-state index contributed by atoms with van der Waals surface area (Å²) in [5.74, 6) is 1.40. The lowest BCUT2D eigenvalue weighted by Crippen LogP contribution is -2.32. The minimum atomic E-state index is 0.306. The maximum atomic E-state index is 11.4. The quantitative estimate of drug-likeness (QED) is 0.484. The van der Waals surface area contributed by atoms with Gasteiger partial charge in [-0.15, -0.1) is 0 Å². The summed E-state index contributed by atoms with van der Waals surface area (Å²) in [6, 6.07) is 0. The van der Waals surface area contributed by atoms with Gasteiger partial charge in [-0.2, -0.15) is 0 Å². The maximum Gasteiger partial charge on any atom is 0.140 e. The van der Waals surface area contributed by atoms with Gasteiger partial charge < -0.3 is 0 Å². The Labute approximate surface area is 67.5 Å². The Morgan fingerprint density at radius 3 is 2.36 bits per heavy atom. The van der Waals surface area contributed by atoms with Crippen LogP contribution in [0.25, 0.3) is 0 Å². The van der Waals surface area contributed by atoms with Crippen LogP contribution in [-0.4, -0.2) is 5.78 Å². The topological polar surface area (TPSA) is 17.1 Å². The van der Waals surface area contributed by atoms with E-state index >= 15 is 0 Å². The molecule has 0 aromatic heterocycles. The molecule has 11 heavy (non-hydrogen) atoms. The third kappa shape index (κ3) is 0.867. The molecule has 60 valence electrons. The molecule has 0 saturated heterocycles. The van der Waals surface area contributed by atoms with E-state index in [-0.39, 0.29) is 0 Å². The molecule has 3 aliphatic rings. The molecule has 0 amide bonds. The number of carbonyl (C=O) groups is 1. The van der Waals surface area contributed by atoms with Crippen molar-refractivity contribution in [1.29, 1.82) is 0 Å². The van der Waals surface area contributed by atoms with Gasteiger partial charge in [0.05, 0.1) is 0 Å². The summed E-state index contributed by atoms with van der Waals surface area (Å²) in [5, 5.41) is 0. The zero-order valence-corrected chi connectivity index (χ0v) is 7.18. The lowest BCUT2D eigenvalue weighted by atomic mass is 9.67. The molecule has 0 N–H and O–H groups in total. The van der Waals surface area contributed by atoms with E-state index in [1.54, 1.807) is 0 Å². The van der Waals surface area contributed by atoms with Gasteiger partial charge in [-0.25, -0.2) is 0 Å². The first-order chi connectivity index (χ1) is 5.20. The maximum absolute atomic E-state index is 11.4. The second-order valence-corrected chi connectivity index (χ2v) is 3.86. The summed E-state index contributed by atoms with van der Waals surface area (Å²) in [5.41, 5.74) is 2.87. The molecule has 1 heteroatoms. The summed E-state index contributed by atoms with van der Waals surface area (Å²) in [4.78, 5) is 11.4. The van der Waals surface area contributed by atoms with Gasteiger partial charge in [-0.3, -0.25) is 4.79 Å². The van der Waals surface area contributed by atoms with E-state index in [9.17, 15) is 4.79 Å². The number of hydrogen-bond donors (Lipinski definition) is 0. The fourth-order valence-electron chi connectivity index (χ4n) is 2.44. The minimum Gasteiger partial charge on any atom is -0.299 e. The normalized spacial score (nSPS) is 36.7. The van der Waals surface area contributed by atoms with Gasteiger partial charge in [0, 0.05) is 12.3 Å². The van der Waals surface area contributed by atoms with Crippen molar-refractivity contribution >= 4 is 5.78 Å². The highest BCUT2D eigenvalue weighted by molar-refractivity contribution is 5.86. The largest absolute Gasteiger partial charge is 0.299 e. The molecule has 2 atom stereocenters. The Morgan fingerprint density at radius 2 is 1.91 bits per heavy atom. The molecule has 3 rings (SSSR count). The molecular formula is C10H14O. The van der Waals surface area contributed by atoms with Crippen LogP contribution in [0.15, 0.2) is 11.1 Å². The molecule has 0 aromatic carbocycles. The van der Waals surface area contributed by atoms with E-state index in [1.807, 2.05) is 0 Å². The molecule has 3 aliphatic carbocycles. The van der Waals surface area contributed by atoms with E-state index in [0.717, 1.165) is 12.8 Å². The molecule has 0 aromatic rings.